The number of hydrogen-bond acceptors (Lipinski definition) is 4. The van der Waals surface area contributed by atoms with Crippen LogP contribution < -0.4 is 10.1 Å². The molecule has 0 spiro atoms. The van der Waals surface area contributed by atoms with Crippen molar-refractivity contribution in [3.63, 3.8) is 0 Å². The topological polar surface area (TPSA) is 50.7 Å². The Morgan fingerprint density at radius 1 is 1.39 bits per heavy atom. The van der Waals surface area contributed by atoms with Gasteiger partial charge in [-0.15, -0.1) is 0 Å². The van der Waals surface area contributed by atoms with E-state index in [4.69, 9.17) is 9.47 Å². The summed E-state index contributed by atoms with van der Waals surface area (Å²) in [5, 5.41) is 13.3. The molecule has 0 radical (unpaired) electrons. The van der Waals surface area contributed by atoms with Crippen molar-refractivity contribution in [2.75, 3.05) is 33.4 Å². The van der Waals surface area contributed by atoms with Gasteiger partial charge in [0, 0.05) is 19.6 Å². The Labute approximate surface area is 108 Å². The fraction of sp³-hybridized carbons (Fsp3) is 0.571. The van der Waals surface area contributed by atoms with E-state index >= 15 is 0 Å². The van der Waals surface area contributed by atoms with Gasteiger partial charge in [-0.2, -0.15) is 0 Å². The molecular weight excluding hydrogens is 230 g/mol. The van der Waals surface area contributed by atoms with Gasteiger partial charge < -0.3 is 19.9 Å². The first kappa shape index (κ1) is 13.3. The molecule has 1 aliphatic heterocycles. The Morgan fingerprint density at radius 3 is 2.78 bits per heavy atom. The van der Waals surface area contributed by atoms with Gasteiger partial charge in [-0.1, -0.05) is 12.1 Å². The molecule has 18 heavy (non-hydrogen) atoms. The van der Waals surface area contributed by atoms with Crippen molar-refractivity contribution < 1.29 is 14.6 Å². The van der Waals surface area contributed by atoms with Crippen molar-refractivity contribution in [1.82, 2.24) is 5.32 Å². The lowest BCUT2D eigenvalue weighted by Crippen LogP contribution is -2.41. The molecule has 0 aliphatic carbocycles. The highest BCUT2D eigenvalue weighted by atomic mass is 16.5. The maximum Gasteiger partial charge on any atom is 0.118 e. The van der Waals surface area contributed by atoms with Crippen LogP contribution in [0.15, 0.2) is 24.3 Å². The Bertz CT molecular complexity index is 358. The Morgan fingerprint density at radius 2 is 2.17 bits per heavy atom. The lowest BCUT2D eigenvalue weighted by Gasteiger charge is -2.20. The maximum atomic E-state index is 10.1. The molecule has 2 rings (SSSR count). The Kier molecular flexibility index (Phi) is 4.58. The summed E-state index contributed by atoms with van der Waals surface area (Å²) in [6, 6.07) is 8.06. The molecule has 0 saturated carbocycles. The molecule has 1 saturated heterocycles. The van der Waals surface area contributed by atoms with Crippen LogP contribution >= 0.6 is 0 Å². The van der Waals surface area contributed by atoms with Gasteiger partial charge in [0.25, 0.3) is 0 Å². The molecule has 4 heteroatoms. The first-order chi connectivity index (χ1) is 8.72. The molecule has 0 bridgehead atoms. The number of aliphatic hydroxyl groups is 1. The fourth-order valence-corrected chi connectivity index (χ4v) is 2.08. The second-order valence-electron chi connectivity index (χ2n) is 4.80. The third-order valence-corrected chi connectivity index (χ3v) is 3.29. The van der Waals surface area contributed by atoms with Crippen LogP contribution in [0.4, 0.5) is 0 Å². The first-order valence-electron chi connectivity index (χ1n) is 6.36. The van der Waals surface area contributed by atoms with Gasteiger partial charge in [-0.3, -0.25) is 0 Å². The van der Waals surface area contributed by atoms with Crippen LogP contribution in [0.2, 0.25) is 0 Å². The predicted molar refractivity (Wildman–Crippen MR) is 70.0 cm³/mol. The average molecular weight is 251 g/mol. The van der Waals surface area contributed by atoms with Gasteiger partial charge in [0.15, 0.2) is 0 Å². The van der Waals surface area contributed by atoms with Crippen LogP contribution in [0, 0.1) is 0 Å². The number of methoxy groups -OCH3 is 1. The monoisotopic (exact) mass is 251 g/mol. The first-order valence-corrected chi connectivity index (χ1v) is 6.36. The van der Waals surface area contributed by atoms with E-state index in [0.29, 0.717) is 19.8 Å². The average Bonchev–Trinajstić information content (AvgIpc) is 2.83. The third kappa shape index (κ3) is 3.70. The Hall–Kier alpha value is -1.10. The van der Waals surface area contributed by atoms with Crippen LogP contribution in [0.5, 0.6) is 5.75 Å². The van der Waals surface area contributed by atoms with Crippen LogP contribution in [-0.2, 0) is 11.2 Å². The van der Waals surface area contributed by atoms with Crippen molar-refractivity contribution >= 4 is 0 Å². The quantitative estimate of drug-likeness (QED) is 0.740. The fourth-order valence-electron chi connectivity index (χ4n) is 2.08. The number of nitrogens with one attached hydrogen (secondary N) is 1. The van der Waals surface area contributed by atoms with E-state index < -0.39 is 5.60 Å². The summed E-state index contributed by atoms with van der Waals surface area (Å²) in [4.78, 5) is 0. The molecule has 1 unspecified atom stereocenters. The molecule has 1 fully saturated rings. The standard InChI is InChI=1S/C14H21NO3/c1-17-13-4-2-12(3-5-13)6-8-15-10-14(16)7-9-18-11-14/h2-5,15-16H,6-11H2,1H3. The summed E-state index contributed by atoms with van der Waals surface area (Å²) in [6.45, 7) is 2.57. The van der Waals surface area contributed by atoms with E-state index in [0.717, 1.165) is 25.1 Å². The van der Waals surface area contributed by atoms with E-state index in [2.05, 4.69) is 17.4 Å². The molecule has 1 aromatic carbocycles. The largest absolute Gasteiger partial charge is 0.497 e. The van der Waals surface area contributed by atoms with Gasteiger partial charge in [0.1, 0.15) is 11.4 Å². The van der Waals surface area contributed by atoms with Crippen molar-refractivity contribution in [2.45, 2.75) is 18.4 Å². The van der Waals surface area contributed by atoms with Crippen LogP contribution in [-0.4, -0.2) is 44.1 Å². The molecule has 1 aromatic rings. The highest BCUT2D eigenvalue weighted by molar-refractivity contribution is 5.27. The summed E-state index contributed by atoms with van der Waals surface area (Å²) in [6.07, 6.45) is 1.67. The van der Waals surface area contributed by atoms with Gasteiger partial charge >= 0.3 is 0 Å². The second kappa shape index (κ2) is 6.18. The van der Waals surface area contributed by atoms with Gasteiger partial charge in [-0.05, 0) is 30.7 Å². The normalized spacial score (nSPS) is 23.2. The zero-order valence-electron chi connectivity index (χ0n) is 10.8. The van der Waals surface area contributed by atoms with E-state index in [1.165, 1.54) is 5.56 Å². The molecule has 0 amide bonds. The highest BCUT2D eigenvalue weighted by Crippen LogP contribution is 2.17. The minimum atomic E-state index is -0.667. The molecule has 1 aliphatic rings. The van der Waals surface area contributed by atoms with E-state index in [1.807, 2.05) is 12.1 Å². The van der Waals surface area contributed by atoms with Crippen molar-refractivity contribution in [2.24, 2.45) is 0 Å². The van der Waals surface area contributed by atoms with Gasteiger partial charge in [0.05, 0.1) is 13.7 Å². The van der Waals surface area contributed by atoms with E-state index in [-0.39, 0.29) is 0 Å². The molecule has 0 aromatic heterocycles. The van der Waals surface area contributed by atoms with Crippen molar-refractivity contribution in [1.29, 1.82) is 0 Å². The lowest BCUT2D eigenvalue weighted by molar-refractivity contribution is 0.0273. The maximum absolute atomic E-state index is 10.1. The zero-order chi connectivity index (χ0) is 12.8. The molecule has 1 heterocycles. The predicted octanol–water partition coefficient (Wildman–Crippen LogP) is 0.979. The number of benzene rings is 1. The minimum Gasteiger partial charge on any atom is -0.497 e. The number of hydrogen-bond donors (Lipinski definition) is 2. The van der Waals surface area contributed by atoms with Crippen LogP contribution in [0.3, 0.4) is 0 Å². The smallest absolute Gasteiger partial charge is 0.118 e. The highest BCUT2D eigenvalue weighted by Gasteiger charge is 2.31. The number of rotatable bonds is 6. The minimum absolute atomic E-state index is 0.447. The van der Waals surface area contributed by atoms with Crippen molar-refractivity contribution in [3.8, 4) is 5.75 Å². The SMILES string of the molecule is COc1ccc(CCNCC2(O)CCOC2)cc1. The molecule has 2 N–H and O–H groups in total. The summed E-state index contributed by atoms with van der Waals surface area (Å²) in [7, 11) is 1.67. The van der Waals surface area contributed by atoms with Crippen LogP contribution in [0.1, 0.15) is 12.0 Å². The van der Waals surface area contributed by atoms with E-state index in [1.54, 1.807) is 7.11 Å². The third-order valence-electron chi connectivity index (χ3n) is 3.29. The molecular formula is C14H21NO3. The summed E-state index contributed by atoms with van der Waals surface area (Å²) in [5.41, 5.74) is 0.595. The summed E-state index contributed by atoms with van der Waals surface area (Å²) in [5.74, 6) is 0.879. The van der Waals surface area contributed by atoms with Gasteiger partial charge in [0.2, 0.25) is 0 Å². The number of ether oxygens (including phenoxy) is 2. The zero-order valence-corrected chi connectivity index (χ0v) is 10.8. The lowest BCUT2D eigenvalue weighted by atomic mass is 10.0. The summed E-state index contributed by atoms with van der Waals surface area (Å²) < 4.78 is 10.3. The molecule has 1 atom stereocenters. The van der Waals surface area contributed by atoms with Crippen molar-refractivity contribution in [3.05, 3.63) is 29.8 Å². The van der Waals surface area contributed by atoms with Crippen LogP contribution in [0.25, 0.3) is 0 Å². The molecule has 4 nitrogen and oxygen atoms in total. The van der Waals surface area contributed by atoms with E-state index in [9.17, 15) is 5.11 Å². The Balaban J connectivity index is 1.68. The summed E-state index contributed by atoms with van der Waals surface area (Å²) >= 11 is 0. The van der Waals surface area contributed by atoms with Gasteiger partial charge in [-0.25, -0.2) is 0 Å². The molecule has 100 valence electrons. The second-order valence-corrected chi connectivity index (χ2v) is 4.80.